The van der Waals surface area contributed by atoms with E-state index in [2.05, 4.69) is 94.2 Å². The van der Waals surface area contributed by atoms with Gasteiger partial charge in [0.25, 0.3) is 0 Å². The molecule has 2 aromatic rings. The van der Waals surface area contributed by atoms with Crippen LogP contribution in [0.2, 0.25) is 0 Å². The highest BCUT2D eigenvalue weighted by molar-refractivity contribution is 5.66. The summed E-state index contributed by atoms with van der Waals surface area (Å²) < 4.78 is 6.68. The summed E-state index contributed by atoms with van der Waals surface area (Å²) in [4.78, 5) is 5.58. The second-order valence-electron chi connectivity index (χ2n) is 15.8. The van der Waals surface area contributed by atoms with E-state index in [4.69, 9.17) is 4.74 Å². The van der Waals surface area contributed by atoms with E-state index in [9.17, 15) is 5.11 Å². The number of ether oxygens (including phenoxy) is 1. The Morgan fingerprint density at radius 3 is 2.43 bits per heavy atom. The molecule has 2 spiro atoms. The summed E-state index contributed by atoms with van der Waals surface area (Å²) >= 11 is 0. The Kier molecular flexibility index (Phi) is 4.91. The number of nitrogens with one attached hydrogen (secondary N) is 2. The minimum absolute atomic E-state index is 0.114. The third-order valence-corrected chi connectivity index (χ3v) is 14.8. The summed E-state index contributed by atoms with van der Waals surface area (Å²) in [5.41, 5.74) is 7.46. The molecule has 4 saturated heterocycles. The van der Waals surface area contributed by atoms with E-state index in [1.807, 2.05) is 0 Å². The molecule has 7 aliphatic heterocycles. The molecule has 0 aromatic heterocycles. The van der Waals surface area contributed by atoms with Crippen molar-refractivity contribution in [1.82, 2.24) is 9.80 Å². The first-order valence-corrected chi connectivity index (χ1v) is 17.5. The van der Waals surface area contributed by atoms with Crippen molar-refractivity contribution < 1.29 is 9.84 Å². The van der Waals surface area contributed by atoms with Gasteiger partial charge in [-0.15, -0.1) is 0 Å². The van der Waals surface area contributed by atoms with E-state index in [0.717, 1.165) is 26.1 Å². The highest BCUT2D eigenvalue weighted by Crippen LogP contribution is 2.65. The lowest BCUT2D eigenvalue weighted by atomic mass is 9.52. The topological polar surface area (TPSA) is 60.0 Å². The highest BCUT2D eigenvalue weighted by atomic mass is 16.5. The smallest absolute Gasteiger partial charge is 0.0596 e. The summed E-state index contributed by atoms with van der Waals surface area (Å²) in [5, 5.41) is 19.0. The number of para-hydroxylation sites is 2. The van der Waals surface area contributed by atoms with E-state index in [0.29, 0.717) is 53.9 Å². The van der Waals surface area contributed by atoms with Crippen LogP contribution in [0.15, 0.2) is 72.5 Å². The number of benzene rings is 2. The Labute approximate surface area is 260 Å². The molecule has 0 amide bonds. The van der Waals surface area contributed by atoms with Gasteiger partial charge in [-0.1, -0.05) is 48.6 Å². The van der Waals surface area contributed by atoms with Gasteiger partial charge in [0.2, 0.25) is 0 Å². The SMILES string of the molecule is C[C@H]1OC[C@@H]2[C@H]3C[C@@H]4N(CCC45c4ccccc4N[C@@H]25)[C@@H](/C=C/C2=CN4CCC56c7ccccc7N[C@H]5[C@H](CO)[C@H]2C[C@H]46)[C@H]31. The van der Waals surface area contributed by atoms with Gasteiger partial charge in [-0.05, 0) is 73.3 Å². The number of rotatable bonds is 3. The predicted octanol–water partition coefficient (Wildman–Crippen LogP) is 4.73. The number of fused-ring (bicyclic) bond motifs is 4. The number of hydrogen-bond donors (Lipinski definition) is 3. The molecule has 2 aliphatic carbocycles. The van der Waals surface area contributed by atoms with Crippen LogP contribution in [0.3, 0.4) is 0 Å². The lowest BCUT2D eigenvalue weighted by molar-refractivity contribution is -0.162. The van der Waals surface area contributed by atoms with Gasteiger partial charge in [0.05, 0.1) is 12.7 Å². The fourth-order valence-corrected chi connectivity index (χ4v) is 13.3. The molecule has 7 heterocycles. The molecule has 2 saturated carbocycles. The quantitative estimate of drug-likeness (QED) is 0.482. The Morgan fingerprint density at radius 2 is 1.64 bits per heavy atom. The van der Waals surface area contributed by atoms with E-state index < -0.39 is 0 Å². The number of aliphatic hydroxyl groups is 1. The van der Waals surface area contributed by atoms with E-state index in [1.54, 1.807) is 5.56 Å². The van der Waals surface area contributed by atoms with Crippen LogP contribution >= 0.6 is 0 Å². The van der Waals surface area contributed by atoms with Gasteiger partial charge in [0.15, 0.2) is 0 Å². The van der Waals surface area contributed by atoms with Crippen LogP contribution in [0.4, 0.5) is 11.4 Å². The van der Waals surface area contributed by atoms with Crippen LogP contribution in [0.5, 0.6) is 0 Å². The molecule has 4 bridgehead atoms. The maximum absolute atomic E-state index is 11.0. The molecule has 2 aromatic carbocycles. The van der Waals surface area contributed by atoms with Crippen molar-refractivity contribution in [3.63, 3.8) is 0 Å². The fourth-order valence-electron chi connectivity index (χ4n) is 13.3. The Hall–Kier alpha value is -2.80. The molecule has 0 radical (unpaired) electrons. The van der Waals surface area contributed by atoms with Crippen LogP contribution in [0.25, 0.3) is 0 Å². The average Bonchev–Trinajstić information content (AvgIpc) is 3.81. The number of anilines is 2. The molecular formula is C38H44N4O2. The first-order valence-electron chi connectivity index (χ1n) is 17.5. The molecule has 6 fully saturated rings. The zero-order valence-electron chi connectivity index (χ0n) is 25.6. The molecule has 44 heavy (non-hydrogen) atoms. The highest BCUT2D eigenvalue weighted by Gasteiger charge is 2.69. The summed E-state index contributed by atoms with van der Waals surface area (Å²) in [7, 11) is 0. The van der Waals surface area contributed by atoms with Crippen LogP contribution in [-0.2, 0) is 15.6 Å². The van der Waals surface area contributed by atoms with Crippen molar-refractivity contribution in [3.05, 3.63) is 83.6 Å². The minimum Gasteiger partial charge on any atom is -0.396 e. The molecule has 11 rings (SSSR count). The van der Waals surface area contributed by atoms with Gasteiger partial charge >= 0.3 is 0 Å². The average molecular weight is 589 g/mol. The maximum atomic E-state index is 11.0. The molecule has 13 atom stereocenters. The minimum atomic E-state index is 0.114. The lowest BCUT2D eigenvalue weighted by Gasteiger charge is -2.62. The first kappa shape index (κ1) is 25.4. The van der Waals surface area contributed by atoms with Gasteiger partial charge in [-0.25, -0.2) is 0 Å². The summed E-state index contributed by atoms with van der Waals surface area (Å²) in [6.07, 6.45) is 12.8. The van der Waals surface area contributed by atoms with Gasteiger partial charge in [0, 0.05) is 96.1 Å². The molecule has 228 valence electrons. The zero-order chi connectivity index (χ0) is 28.9. The van der Waals surface area contributed by atoms with Gasteiger partial charge in [0.1, 0.15) is 0 Å². The van der Waals surface area contributed by atoms with Crippen molar-refractivity contribution in [1.29, 1.82) is 0 Å². The molecular weight excluding hydrogens is 544 g/mol. The first-order chi connectivity index (χ1) is 21.6. The normalized spacial score (nSPS) is 48.3. The van der Waals surface area contributed by atoms with Crippen LogP contribution in [0, 0.1) is 29.6 Å². The van der Waals surface area contributed by atoms with Crippen molar-refractivity contribution in [2.24, 2.45) is 29.6 Å². The second-order valence-corrected chi connectivity index (χ2v) is 15.8. The monoisotopic (exact) mass is 588 g/mol. The zero-order valence-corrected chi connectivity index (χ0v) is 25.6. The molecule has 6 heteroatoms. The van der Waals surface area contributed by atoms with Crippen LogP contribution in [-0.4, -0.2) is 77.5 Å². The van der Waals surface area contributed by atoms with Crippen molar-refractivity contribution >= 4 is 11.4 Å². The standard InChI is InChI=1S/C38H44N4O2/c1-21-34-24-17-33-38(28-7-3-5-9-30(28)40-36(38)26(24)20-44-21)13-15-42(33)31(34)11-10-22-18-41-14-12-37-27-6-2-4-8-29(27)39-35(37)25(19-43)23(22)16-32(37)41/h2-11,18,21,23-26,31-36,39-40,43H,12-17,19-20H2,1H3/b11-10+/t21-,23+,24-,25-,26-,31+,32+,33+,34+,35+,36+,37?,38?/m1/s1. The Bertz CT molecular complexity index is 1620. The predicted molar refractivity (Wildman–Crippen MR) is 171 cm³/mol. The Balaban J connectivity index is 0.980. The molecule has 6 nitrogen and oxygen atoms in total. The van der Waals surface area contributed by atoms with Crippen molar-refractivity contribution in [3.8, 4) is 0 Å². The van der Waals surface area contributed by atoms with Crippen LogP contribution < -0.4 is 10.6 Å². The Morgan fingerprint density at radius 1 is 0.909 bits per heavy atom. The largest absolute Gasteiger partial charge is 0.396 e. The van der Waals surface area contributed by atoms with Gasteiger partial charge in [-0.2, -0.15) is 0 Å². The lowest BCUT2D eigenvalue weighted by Crippen LogP contribution is -2.69. The molecule has 3 N–H and O–H groups in total. The van der Waals surface area contributed by atoms with Gasteiger partial charge < -0.3 is 25.4 Å². The van der Waals surface area contributed by atoms with E-state index >= 15 is 0 Å². The molecule has 9 aliphatic rings. The van der Waals surface area contributed by atoms with E-state index in [1.165, 1.54) is 41.8 Å². The second kappa shape index (κ2) is 8.51. The maximum Gasteiger partial charge on any atom is 0.0596 e. The van der Waals surface area contributed by atoms with E-state index in [-0.39, 0.29) is 29.5 Å². The number of piperidine rings is 1. The van der Waals surface area contributed by atoms with Crippen molar-refractivity contribution in [2.45, 2.75) is 79.8 Å². The summed E-state index contributed by atoms with van der Waals surface area (Å²) in [6.45, 7) is 5.74. The third-order valence-electron chi connectivity index (χ3n) is 14.8. The third kappa shape index (κ3) is 2.79. The molecule has 2 unspecified atom stereocenters. The van der Waals surface area contributed by atoms with Crippen LogP contribution in [0.1, 0.15) is 43.7 Å². The van der Waals surface area contributed by atoms with Gasteiger partial charge in [-0.3, -0.25) is 4.90 Å². The number of nitrogens with zero attached hydrogens (tertiary/aromatic N) is 2. The number of allylic oxidation sites excluding steroid dienone is 2. The number of hydrogen-bond acceptors (Lipinski definition) is 6. The summed E-state index contributed by atoms with van der Waals surface area (Å²) in [5.74, 6) is 2.38. The number of aliphatic hydroxyl groups excluding tert-OH is 1. The fraction of sp³-hybridized carbons (Fsp3) is 0.579. The van der Waals surface area contributed by atoms with Crippen molar-refractivity contribution in [2.75, 3.05) is 36.9 Å². The summed E-state index contributed by atoms with van der Waals surface area (Å²) in [6, 6.07) is 20.4.